The molecule has 0 aliphatic rings. The minimum Gasteiger partial charge on any atom is -0.211 e. The van der Waals surface area contributed by atoms with Crippen molar-refractivity contribution in [3.8, 4) is 23.0 Å². The fourth-order valence-corrected chi connectivity index (χ4v) is 2.69. The molecule has 3 rings (SSSR count). The van der Waals surface area contributed by atoms with Crippen LogP contribution in [-0.4, -0.2) is 15.0 Å². The first kappa shape index (κ1) is 15.9. The fraction of sp³-hybridized carbons (Fsp3) is 0.250. The molecule has 120 valence electrons. The predicted molar refractivity (Wildman–Crippen MR) is 95.1 cm³/mol. The number of nitriles is 1. The molecule has 0 saturated carbocycles. The predicted octanol–water partition coefficient (Wildman–Crippen LogP) is 4.55. The third-order valence-corrected chi connectivity index (χ3v) is 4.36. The largest absolute Gasteiger partial charge is 0.211 e. The third kappa shape index (κ3) is 2.81. The zero-order valence-electron chi connectivity index (χ0n) is 14.4. The Labute approximate surface area is 142 Å². The van der Waals surface area contributed by atoms with Crippen LogP contribution < -0.4 is 0 Å². The van der Waals surface area contributed by atoms with Crippen molar-refractivity contribution in [2.45, 2.75) is 33.6 Å². The van der Waals surface area contributed by atoms with Gasteiger partial charge in [-0.05, 0) is 54.7 Å². The van der Waals surface area contributed by atoms with Crippen LogP contribution in [0.5, 0.6) is 0 Å². The van der Waals surface area contributed by atoms with Crippen LogP contribution >= 0.6 is 0 Å². The Balaban J connectivity index is 2.14. The molecule has 0 saturated heterocycles. The normalized spacial score (nSPS) is 10.8. The first-order chi connectivity index (χ1) is 11.5. The van der Waals surface area contributed by atoms with E-state index in [4.69, 9.17) is 0 Å². The lowest BCUT2D eigenvalue weighted by Crippen LogP contribution is -2.01. The van der Waals surface area contributed by atoms with Gasteiger partial charge in [-0.1, -0.05) is 43.3 Å². The van der Waals surface area contributed by atoms with E-state index in [2.05, 4.69) is 68.3 Å². The van der Waals surface area contributed by atoms with Crippen molar-refractivity contribution in [2.24, 2.45) is 0 Å². The molecular formula is C20H20N4. The minimum atomic E-state index is 0.339. The lowest BCUT2D eigenvalue weighted by molar-refractivity contribution is 0.803. The molecule has 4 heteroatoms. The number of hydrogen-bond acceptors (Lipinski definition) is 3. The van der Waals surface area contributed by atoms with Crippen LogP contribution in [0.3, 0.4) is 0 Å². The Morgan fingerprint density at radius 2 is 1.71 bits per heavy atom. The number of aromatic nitrogens is 3. The molecule has 0 N–H and O–H groups in total. The summed E-state index contributed by atoms with van der Waals surface area (Å²) < 4.78 is 1.74. The van der Waals surface area contributed by atoms with Crippen LogP contribution in [0.25, 0.3) is 16.9 Å². The number of hydrogen-bond donors (Lipinski definition) is 0. The second-order valence-corrected chi connectivity index (χ2v) is 6.36. The molecule has 1 heterocycles. The van der Waals surface area contributed by atoms with Gasteiger partial charge in [-0.2, -0.15) is 5.26 Å². The van der Waals surface area contributed by atoms with Crippen molar-refractivity contribution in [3.63, 3.8) is 0 Å². The van der Waals surface area contributed by atoms with E-state index in [0.717, 1.165) is 16.9 Å². The van der Waals surface area contributed by atoms with E-state index in [-0.39, 0.29) is 0 Å². The van der Waals surface area contributed by atoms with Gasteiger partial charge in [0.25, 0.3) is 0 Å². The lowest BCUT2D eigenvalue weighted by Gasteiger charge is -2.10. The van der Waals surface area contributed by atoms with Gasteiger partial charge in [0, 0.05) is 5.56 Å². The van der Waals surface area contributed by atoms with Gasteiger partial charge in [-0.25, -0.2) is 4.68 Å². The van der Waals surface area contributed by atoms with Gasteiger partial charge in [-0.15, -0.1) is 5.10 Å². The van der Waals surface area contributed by atoms with Crippen molar-refractivity contribution in [1.29, 1.82) is 5.26 Å². The third-order valence-electron chi connectivity index (χ3n) is 4.36. The summed E-state index contributed by atoms with van der Waals surface area (Å²) in [4.78, 5) is 0. The highest BCUT2D eigenvalue weighted by Crippen LogP contribution is 2.27. The van der Waals surface area contributed by atoms with E-state index < -0.39 is 0 Å². The highest BCUT2D eigenvalue weighted by molar-refractivity contribution is 5.68. The molecule has 1 aromatic heterocycles. The van der Waals surface area contributed by atoms with Gasteiger partial charge in [0.1, 0.15) is 11.8 Å². The molecule has 4 nitrogen and oxygen atoms in total. The topological polar surface area (TPSA) is 54.5 Å². The highest BCUT2D eigenvalue weighted by atomic mass is 15.4. The van der Waals surface area contributed by atoms with Crippen molar-refractivity contribution in [2.75, 3.05) is 0 Å². The van der Waals surface area contributed by atoms with Gasteiger partial charge in [0.2, 0.25) is 0 Å². The van der Waals surface area contributed by atoms with Gasteiger partial charge in [0.15, 0.2) is 5.69 Å². The van der Waals surface area contributed by atoms with Crippen LogP contribution in [0.15, 0.2) is 42.5 Å². The Morgan fingerprint density at radius 3 is 2.29 bits per heavy atom. The molecule has 0 aliphatic heterocycles. The quantitative estimate of drug-likeness (QED) is 0.712. The van der Waals surface area contributed by atoms with E-state index in [0.29, 0.717) is 11.6 Å². The first-order valence-corrected chi connectivity index (χ1v) is 8.05. The molecule has 0 radical (unpaired) electrons. The van der Waals surface area contributed by atoms with Crippen molar-refractivity contribution < 1.29 is 0 Å². The average molecular weight is 316 g/mol. The Morgan fingerprint density at radius 1 is 1.00 bits per heavy atom. The van der Waals surface area contributed by atoms with Gasteiger partial charge >= 0.3 is 0 Å². The van der Waals surface area contributed by atoms with Crippen LogP contribution in [0.2, 0.25) is 0 Å². The summed E-state index contributed by atoms with van der Waals surface area (Å²) in [5, 5.41) is 17.7. The standard InChI is InChI=1S/C20H20N4/c1-13(2)16-7-9-18(10-8-16)24-20(19(12-21)22-23-24)17-6-5-14(3)15(4)11-17/h5-11,13H,1-4H3. The minimum absolute atomic E-state index is 0.339. The van der Waals surface area contributed by atoms with Gasteiger partial charge < -0.3 is 0 Å². The van der Waals surface area contributed by atoms with E-state index >= 15 is 0 Å². The maximum absolute atomic E-state index is 9.41. The summed E-state index contributed by atoms with van der Waals surface area (Å²) in [5.41, 5.74) is 6.60. The Kier molecular flexibility index (Phi) is 4.18. The summed E-state index contributed by atoms with van der Waals surface area (Å²) in [6.45, 7) is 8.47. The molecule has 0 aliphatic carbocycles. The zero-order chi connectivity index (χ0) is 17.3. The smallest absolute Gasteiger partial charge is 0.191 e. The monoisotopic (exact) mass is 316 g/mol. The molecule has 0 atom stereocenters. The number of benzene rings is 2. The number of nitrogens with zero attached hydrogens (tertiary/aromatic N) is 4. The molecule has 0 bridgehead atoms. The molecule has 0 amide bonds. The molecule has 2 aromatic carbocycles. The average Bonchev–Trinajstić information content (AvgIpc) is 3.01. The number of aryl methyl sites for hydroxylation is 2. The van der Waals surface area contributed by atoms with E-state index in [1.807, 2.05) is 18.2 Å². The molecule has 0 fully saturated rings. The van der Waals surface area contributed by atoms with E-state index in [1.54, 1.807) is 4.68 Å². The zero-order valence-corrected chi connectivity index (χ0v) is 14.4. The summed E-state index contributed by atoms with van der Waals surface area (Å²) in [7, 11) is 0. The van der Waals surface area contributed by atoms with Crippen LogP contribution in [-0.2, 0) is 0 Å². The van der Waals surface area contributed by atoms with Gasteiger partial charge in [-0.3, -0.25) is 0 Å². The molecular weight excluding hydrogens is 296 g/mol. The summed E-state index contributed by atoms with van der Waals surface area (Å²) in [5.74, 6) is 0.476. The van der Waals surface area contributed by atoms with Crippen molar-refractivity contribution in [1.82, 2.24) is 15.0 Å². The van der Waals surface area contributed by atoms with Crippen LogP contribution in [0, 0.1) is 25.2 Å². The second kappa shape index (κ2) is 6.29. The second-order valence-electron chi connectivity index (χ2n) is 6.36. The summed E-state index contributed by atoms with van der Waals surface area (Å²) in [6, 6.07) is 16.5. The van der Waals surface area contributed by atoms with Crippen LogP contribution in [0.1, 0.15) is 42.1 Å². The van der Waals surface area contributed by atoms with Crippen molar-refractivity contribution >= 4 is 0 Å². The molecule has 3 aromatic rings. The van der Waals surface area contributed by atoms with Crippen LogP contribution in [0.4, 0.5) is 0 Å². The van der Waals surface area contributed by atoms with E-state index in [9.17, 15) is 5.26 Å². The maximum atomic E-state index is 9.41. The van der Waals surface area contributed by atoms with E-state index in [1.165, 1.54) is 16.7 Å². The first-order valence-electron chi connectivity index (χ1n) is 8.05. The van der Waals surface area contributed by atoms with Crippen molar-refractivity contribution in [3.05, 3.63) is 64.8 Å². The number of rotatable bonds is 3. The molecule has 24 heavy (non-hydrogen) atoms. The maximum Gasteiger partial charge on any atom is 0.191 e. The Hall–Kier alpha value is -2.93. The molecule has 0 spiro atoms. The summed E-state index contributed by atoms with van der Waals surface area (Å²) in [6.07, 6.45) is 0. The SMILES string of the molecule is Cc1ccc(-c2c(C#N)nnn2-c2ccc(C(C)C)cc2)cc1C. The molecule has 0 unspecified atom stereocenters. The fourth-order valence-electron chi connectivity index (χ4n) is 2.69. The van der Waals surface area contributed by atoms with Gasteiger partial charge in [0.05, 0.1) is 5.69 Å². The Bertz CT molecular complexity index is 912. The summed E-state index contributed by atoms with van der Waals surface area (Å²) >= 11 is 0. The highest BCUT2D eigenvalue weighted by Gasteiger charge is 2.16. The lowest BCUT2D eigenvalue weighted by atomic mass is 10.0.